The van der Waals surface area contributed by atoms with Crippen LogP contribution in [0.25, 0.3) is 11.1 Å². The zero-order valence-electron chi connectivity index (χ0n) is 23.6. The predicted molar refractivity (Wildman–Crippen MR) is 150 cm³/mol. The van der Waals surface area contributed by atoms with E-state index in [-0.39, 0.29) is 23.0 Å². The largest absolute Gasteiger partial charge is 0.331 e. The first-order valence-corrected chi connectivity index (χ1v) is 13.4. The highest BCUT2D eigenvalue weighted by Crippen LogP contribution is 2.53. The number of rotatable bonds is 12. The molecule has 0 fully saturated rings. The summed E-state index contributed by atoms with van der Waals surface area (Å²) in [5.74, 6) is -1.76. The van der Waals surface area contributed by atoms with E-state index in [1.54, 1.807) is 12.1 Å². The minimum Gasteiger partial charge on any atom is -0.318 e. The number of benzene rings is 2. The van der Waals surface area contributed by atoms with Crippen molar-refractivity contribution in [3.8, 4) is 11.1 Å². The van der Waals surface area contributed by atoms with Crippen molar-refractivity contribution in [1.29, 1.82) is 0 Å². The Kier molecular flexibility index (Phi) is 9.67. The van der Waals surface area contributed by atoms with Gasteiger partial charge in [0.2, 0.25) is 11.6 Å². The molecule has 3 rings (SSSR count). The smallest absolute Gasteiger partial charge is 0.318 e. The monoisotopic (exact) mass is 532 g/mol. The zero-order chi connectivity index (χ0) is 28.7. The lowest BCUT2D eigenvalue weighted by Crippen LogP contribution is -2.24. The van der Waals surface area contributed by atoms with Gasteiger partial charge in [-0.15, -0.1) is 0 Å². The van der Waals surface area contributed by atoms with Crippen LogP contribution in [0.1, 0.15) is 112 Å². The van der Waals surface area contributed by atoms with Gasteiger partial charge in [-0.2, -0.15) is 0 Å². The first-order chi connectivity index (χ1) is 18.6. The Bertz CT molecular complexity index is 1350. The first kappa shape index (κ1) is 29.6. The molecule has 0 atom stereocenters. The van der Waals surface area contributed by atoms with Gasteiger partial charge in [0.05, 0.1) is 0 Å². The highest BCUT2D eigenvalue weighted by molar-refractivity contribution is 6.46. The van der Waals surface area contributed by atoms with E-state index in [1.807, 2.05) is 24.3 Å². The summed E-state index contributed by atoms with van der Waals surface area (Å²) in [7, 11) is 0. The third kappa shape index (κ3) is 6.21. The Labute approximate surface area is 229 Å². The molecule has 206 valence electrons. The van der Waals surface area contributed by atoms with Gasteiger partial charge in [0.25, 0.3) is 0 Å². The molecule has 8 heteroatoms. The fourth-order valence-corrected chi connectivity index (χ4v) is 5.20. The zero-order valence-corrected chi connectivity index (χ0v) is 23.6. The summed E-state index contributed by atoms with van der Waals surface area (Å²) in [6, 6.07) is 11.2. The number of unbranched alkanes of at least 4 members (excludes halogenated alkanes) is 2. The lowest BCUT2D eigenvalue weighted by atomic mass is 9.73. The van der Waals surface area contributed by atoms with E-state index in [2.05, 4.69) is 35.9 Å². The number of oxime groups is 2. The molecule has 0 spiro atoms. The highest BCUT2D eigenvalue weighted by Gasteiger charge is 2.41. The summed E-state index contributed by atoms with van der Waals surface area (Å²) in [6.45, 7) is 10.2. The maximum absolute atomic E-state index is 13.5. The van der Waals surface area contributed by atoms with E-state index in [1.165, 1.54) is 20.8 Å². The Balaban J connectivity index is 2.05. The van der Waals surface area contributed by atoms with Gasteiger partial charge in [-0.05, 0) is 67.0 Å². The van der Waals surface area contributed by atoms with Crippen molar-refractivity contribution in [3.05, 3.63) is 58.7 Å². The minimum atomic E-state index is -0.598. The second kappa shape index (κ2) is 12.7. The molecule has 1 aliphatic carbocycles. The van der Waals surface area contributed by atoms with Crippen LogP contribution < -0.4 is 0 Å². The number of hydrogen-bond donors (Lipinski definition) is 0. The van der Waals surface area contributed by atoms with E-state index in [0.717, 1.165) is 54.4 Å². The lowest BCUT2D eigenvalue weighted by Gasteiger charge is -2.30. The Morgan fingerprint density at radius 3 is 1.72 bits per heavy atom. The fourth-order valence-electron chi connectivity index (χ4n) is 5.20. The maximum Gasteiger partial charge on any atom is 0.331 e. The van der Waals surface area contributed by atoms with Gasteiger partial charge >= 0.3 is 11.9 Å². The topological polar surface area (TPSA) is 111 Å². The molecule has 0 amide bonds. The van der Waals surface area contributed by atoms with Gasteiger partial charge in [-0.25, -0.2) is 9.59 Å². The molecular formula is C31H36N2O6. The molecule has 2 aromatic carbocycles. The second-order valence-electron chi connectivity index (χ2n) is 9.81. The Morgan fingerprint density at radius 2 is 1.23 bits per heavy atom. The average molecular weight is 533 g/mol. The van der Waals surface area contributed by atoms with Gasteiger partial charge in [-0.1, -0.05) is 68.2 Å². The number of fused-ring (bicyclic) bond motifs is 3. The molecular weight excluding hydrogens is 496 g/mol. The molecule has 0 saturated carbocycles. The summed E-state index contributed by atoms with van der Waals surface area (Å²) >= 11 is 0. The third-order valence-electron chi connectivity index (χ3n) is 7.30. The van der Waals surface area contributed by atoms with Gasteiger partial charge in [-0.3, -0.25) is 9.59 Å². The van der Waals surface area contributed by atoms with Crippen LogP contribution in [0, 0.1) is 0 Å². The molecule has 0 aromatic heterocycles. The predicted octanol–water partition coefficient (Wildman–Crippen LogP) is 6.58. The Hall–Kier alpha value is -3.94. The van der Waals surface area contributed by atoms with Crippen LogP contribution in [-0.2, 0) is 24.7 Å². The van der Waals surface area contributed by atoms with Crippen molar-refractivity contribution in [2.75, 3.05) is 0 Å². The summed E-state index contributed by atoms with van der Waals surface area (Å²) in [6.07, 6.45) is 4.62. The van der Waals surface area contributed by atoms with Crippen molar-refractivity contribution >= 4 is 34.9 Å². The molecule has 2 aromatic rings. The standard InChI is InChI=1S/C31H36N2O6/c1-7-10-11-12-28(33-39-21(6)35)30(37)23-14-16-25-24-15-13-22(29(36)19(4)32-38-20(5)34)17-26(24)31(8-2,9-3)27(25)18-23/h13-18H,7-12H2,1-6H3/b32-19+,33-28+. The molecule has 0 radical (unpaired) electrons. The molecule has 39 heavy (non-hydrogen) atoms. The molecule has 0 bridgehead atoms. The third-order valence-corrected chi connectivity index (χ3v) is 7.30. The number of Topliss-reactive ketones (excluding diaryl/α,β-unsaturated/α-hetero) is 2. The molecule has 1 aliphatic rings. The van der Waals surface area contributed by atoms with E-state index in [9.17, 15) is 19.2 Å². The van der Waals surface area contributed by atoms with Crippen molar-refractivity contribution in [3.63, 3.8) is 0 Å². The number of carbonyl (C=O) groups is 4. The average Bonchev–Trinajstić information content (AvgIpc) is 3.21. The number of nitrogens with zero attached hydrogens (tertiary/aromatic N) is 2. The molecule has 0 saturated heterocycles. The minimum absolute atomic E-state index is 0.0785. The SMILES string of the molecule is CCCCC/C(=N\OC(C)=O)C(=O)c1ccc2c(c1)C(CC)(CC)c1cc(C(=O)/C(C)=N/OC(C)=O)ccc1-2. The number of carbonyl (C=O) groups excluding carboxylic acids is 4. The first-order valence-electron chi connectivity index (χ1n) is 13.4. The van der Waals surface area contributed by atoms with Crippen LogP contribution in [0.3, 0.4) is 0 Å². The molecule has 0 aliphatic heterocycles. The second-order valence-corrected chi connectivity index (χ2v) is 9.81. The number of hydrogen-bond acceptors (Lipinski definition) is 8. The van der Waals surface area contributed by atoms with Crippen LogP contribution in [0.4, 0.5) is 0 Å². The summed E-state index contributed by atoms with van der Waals surface area (Å²) in [5, 5.41) is 7.54. The summed E-state index contributed by atoms with van der Waals surface area (Å²) in [4.78, 5) is 58.5. The van der Waals surface area contributed by atoms with Crippen LogP contribution >= 0.6 is 0 Å². The summed E-state index contributed by atoms with van der Waals surface area (Å²) in [5.41, 5.74) is 4.87. The van der Waals surface area contributed by atoms with Crippen LogP contribution in [0.5, 0.6) is 0 Å². The van der Waals surface area contributed by atoms with Crippen molar-refractivity contribution < 1.29 is 28.9 Å². The molecule has 0 heterocycles. The van der Waals surface area contributed by atoms with Gasteiger partial charge in [0.15, 0.2) is 0 Å². The highest BCUT2D eigenvalue weighted by atomic mass is 16.7. The molecule has 8 nitrogen and oxygen atoms in total. The van der Waals surface area contributed by atoms with Crippen molar-refractivity contribution in [2.24, 2.45) is 10.3 Å². The Morgan fingerprint density at radius 1 is 0.718 bits per heavy atom. The maximum atomic E-state index is 13.5. The normalized spacial score (nSPS) is 13.9. The molecule has 0 unspecified atom stereocenters. The van der Waals surface area contributed by atoms with Crippen molar-refractivity contribution in [1.82, 2.24) is 0 Å². The van der Waals surface area contributed by atoms with Gasteiger partial charge < -0.3 is 9.68 Å². The quantitative estimate of drug-likeness (QED) is 0.100. The van der Waals surface area contributed by atoms with E-state index in [4.69, 9.17) is 4.84 Å². The lowest BCUT2D eigenvalue weighted by molar-refractivity contribution is -0.141. The number of ketones is 2. The van der Waals surface area contributed by atoms with Crippen LogP contribution in [0.2, 0.25) is 0 Å². The van der Waals surface area contributed by atoms with Crippen LogP contribution in [0.15, 0.2) is 46.7 Å². The van der Waals surface area contributed by atoms with Gasteiger partial charge in [0, 0.05) is 30.4 Å². The van der Waals surface area contributed by atoms with E-state index < -0.39 is 17.4 Å². The van der Waals surface area contributed by atoms with E-state index >= 15 is 0 Å². The van der Waals surface area contributed by atoms with Crippen molar-refractivity contribution in [2.45, 2.75) is 85.5 Å². The summed E-state index contributed by atoms with van der Waals surface area (Å²) < 4.78 is 0. The fraction of sp³-hybridized carbons (Fsp3) is 0.419. The van der Waals surface area contributed by atoms with Gasteiger partial charge in [0.1, 0.15) is 11.4 Å². The molecule has 0 N–H and O–H groups in total. The van der Waals surface area contributed by atoms with E-state index in [0.29, 0.717) is 17.5 Å². The van der Waals surface area contributed by atoms with Crippen LogP contribution in [-0.4, -0.2) is 34.9 Å².